The molecule has 0 amide bonds. The fourth-order valence-electron chi connectivity index (χ4n) is 11.3. The Balaban J connectivity index is 0.00000694. The van der Waals surface area contributed by atoms with E-state index in [0.717, 1.165) is 66.7 Å². The van der Waals surface area contributed by atoms with E-state index in [4.69, 9.17) is 22.7 Å². The number of hydrogen-bond acceptors (Lipinski definition) is 4. The molecule has 380 valence electrons. The Morgan fingerprint density at radius 2 is 1.29 bits per heavy atom. The third-order valence-electron chi connectivity index (χ3n) is 14.8. The Bertz CT molecular complexity index is 5020. The van der Waals surface area contributed by atoms with Crippen LogP contribution in [0, 0.1) is 18.5 Å². The van der Waals surface area contributed by atoms with Gasteiger partial charge in [-0.2, -0.15) is 18.2 Å². The van der Waals surface area contributed by atoms with E-state index in [1.54, 1.807) is 33.4 Å². The summed E-state index contributed by atoms with van der Waals surface area (Å²) in [4.78, 5) is 7.03. The molecule has 7 nitrogen and oxygen atoms in total. The summed E-state index contributed by atoms with van der Waals surface area (Å²) >= 11 is 0. The van der Waals surface area contributed by atoms with E-state index in [2.05, 4.69) is 91.2 Å². The maximum absolute atomic E-state index is 9.37. The van der Waals surface area contributed by atoms with Gasteiger partial charge < -0.3 is 23.5 Å². The van der Waals surface area contributed by atoms with Crippen molar-refractivity contribution in [2.45, 2.75) is 26.2 Å². The van der Waals surface area contributed by atoms with Gasteiger partial charge in [0.2, 0.25) is 0 Å². The van der Waals surface area contributed by atoms with Crippen LogP contribution in [0.4, 0.5) is 17.1 Å². The van der Waals surface area contributed by atoms with Gasteiger partial charge in [-0.1, -0.05) is 172 Å². The van der Waals surface area contributed by atoms with Gasteiger partial charge in [-0.3, -0.25) is 4.57 Å². The van der Waals surface area contributed by atoms with Crippen LogP contribution >= 0.6 is 0 Å². The van der Waals surface area contributed by atoms with Gasteiger partial charge in [0.05, 0.1) is 30.4 Å². The second-order valence-corrected chi connectivity index (χ2v) is 20.4. The first kappa shape index (κ1) is 38.3. The predicted octanol–water partition coefficient (Wildman–Crippen LogP) is 14.6. The smallest absolute Gasteiger partial charge is 0.268 e. The van der Waals surface area contributed by atoms with E-state index in [-0.39, 0.29) is 61.1 Å². The molecule has 15 rings (SSSR count). The number of benzene rings is 10. The summed E-state index contributed by atoms with van der Waals surface area (Å²) < 4.78 is 109. The van der Waals surface area contributed by atoms with Crippen molar-refractivity contribution in [2.75, 3.05) is 4.90 Å². The third-order valence-corrected chi connectivity index (χ3v) is 14.8. The SMILES string of the molecule is [2H]c1c([2H])c([2H])c(-c2cccc(-c3c([2H])c([2H])c([2H])c([2H])c3[2H])c2-[n+]2[c-]n(-c3[c-]c(Oc4[c-]c5c(cc4)c4ccccc4n5-c4cc(C(C)(C)C)ccn4)ccc3)c3ccc(N4c5ccccc5B5c6ccccc6Oc6cccc4c65)cc32)c([2H])c1[2H].[Pt]. The first-order valence-corrected chi connectivity index (χ1v) is 25.7. The minimum absolute atomic E-state index is 0. The summed E-state index contributed by atoms with van der Waals surface area (Å²) in [5, 5.41) is 1.99. The number of fused-ring (bicyclic) bond motifs is 8. The van der Waals surface area contributed by atoms with Gasteiger partial charge in [0.25, 0.3) is 13.0 Å². The van der Waals surface area contributed by atoms with Crippen LogP contribution in [-0.2, 0) is 26.5 Å². The second kappa shape index (κ2) is 19.0. The van der Waals surface area contributed by atoms with Crippen molar-refractivity contribution < 1.29 is 48.8 Å². The van der Waals surface area contributed by atoms with Crippen LogP contribution in [-0.4, -0.2) is 20.8 Å². The van der Waals surface area contributed by atoms with E-state index in [1.807, 2.05) is 109 Å². The Kier molecular flexibility index (Phi) is 9.25. The topological polar surface area (TPSA) is 48.3 Å². The maximum atomic E-state index is 9.37. The van der Waals surface area contributed by atoms with Crippen LogP contribution in [0.15, 0.2) is 236 Å². The third kappa shape index (κ3) is 8.00. The number of anilines is 3. The molecule has 0 radical (unpaired) electrons. The van der Waals surface area contributed by atoms with E-state index in [1.165, 1.54) is 0 Å². The molecule has 2 aliphatic heterocycles. The minimum Gasteiger partial charge on any atom is -0.510 e. The molecule has 3 aromatic heterocycles. The number of aromatic nitrogens is 4. The molecule has 0 fully saturated rings. The average molecular weight is 1210 g/mol. The molecule has 0 N–H and O–H groups in total. The summed E-state index contributed by atoms with van der Waals surface area (Å²) in [7, 11) is 0. The first-order valence-electron chi connectivity index (χ1n) is 30.7. The van der Waals surface area contributed by atoms with Gasteiger partial charge in [0.1, 0.15) is 17.3 Å². The van der Waals surface area contributed by atoms with Crippen molar-refractivity contribution in [3.8, 4) is 62.4 Å². The largest absolute Gasteiger partial charge is 0.510 e. The van der Waals surface area contributed by atoms with E-state index in [0.29, 0.717) is 39.7 Å². The van der Waals surface area contributed by atoms with Crippen LogP contribution < -0.4 is 35.3 Å². The zero-order valence-electron chi connectivity index (χ0n) is 52.7. The molecule has 0 spiro atoms. The Morgan fingerprint density at radius 3 is 2.09 bits per heavy atom. The molecule has 9 heteroatoms. The van der Waals surface area contributed by atoms with Gasteiger partial charge in [-0.05, 0) is 115 Å². The predicted molar refractivity (Wildman–Crippen MR) is 315 cm³/mol. The fourth-order valence-corrected chi connectivity index (χ4v) is 11.3. The number of hydrogen-bond donors (Lipinski definition) is 0. The molecule has 0 atom stereocenters. The number of rotatable bonds is 8. The van der Waals surface area contributed by atoms with E-state index in [9.17, 15) is 5.48 Å². The molecule has 0 saturated carbocycles. The van der Waals surface area contributed by atoms with Crippen molar-refractivity contribution in [3.63, 3.8) is 0 Å². The zero-order chi connectivity index (χ0) is 60.8. The van der Waals surface area contributed by atoms with Crippen molar-refractivity contribution in [3.05, 3.63) is 261 Å². The number of ether oxygens (including phenoxy) is 2. The zero-order valence-corrected chi connectivity index (χ0v) is 45.0. The fraction of sp³-hybridized carbons (Fsp3) is 0.0571. The monoisotopic (exact) mass is 1210 g/mol. The van der Waals surface area contributed by atoms with E-state index < -0.39 is 60.4 Å². The molecule has 10 aromatic carbocycles. The van der Waals surface area contributed by atoms with Crippen LogP contribution in [0.25, 0.3) is 72.3 Å². The number of pyridine rings is 1. The van der Waals surface area contributed by atoms with Gasteiger partial charge in [-0.15, -0.1) is 29.7 Å². The van der Waals surface area contributed by atoms with Crippen LogP contribution in [0.1, 0.15) is 40.0 Å². The molecule has 0 saturated heterocycles. The van der Waals surface area contributed by atoms with Gasteiger partial charge in [0.15, 0.2) is 0 Å². The molecule has 0 bridgehead atoms. The Morgan fingerprint density at radius 1 is 0.608 bits per heavy atom. The number of imidazole rings is 1. The molecule has 5 heterocycles. The average Bonchev–Trinajstić information content (AvgIpc) is 1.75. The van der Waals surface area contributed by atoms with Crippen molar-refractivity contribution >= 4 is 73.0 Å². The molecule has 13 aromatic rings. The van der Waals surface area contributed by atoms with Crippen molar-refractivity contribution in [2.24, 2.45) is 0 Å². The van der Waals surface area contributed by atoms with Crippen molar-refractivity contribution in [1.29, 1.82) is 0 Å². The van der Waals surface area contributed by atoms with Gasteiger partial charge >= 0.3 is 0 Å². The molecule has 0 unspecified atom stereocenters. The number of para-hydroxylation sites is 4. The van der Waals surface area contributed by atoms with Crippen LogP contribution in [0.5, 0.6) is 23.0 Å². The molecule has 79 heavy (non-hydrogen) atoms. The summed E-state index contributed by atoms with van der Waals surface area (Å²) in [6, 6.07) is 56.2. The Hall–Kier alpha value is -9.23. The standard InChI is InChI=1S/C70H48BN5O2.Pt/c1-70(2,3)48-39-40-72-67(41-48)76-59-30-13-10-25-55(59)56-37-36-52(44-63(56)76)77-51-24-16-23-49(42-51)73-45-74(69-53(46-19-6-4-7-20-46)26-17-27-54(69)47-21-8-5-9-22-47)64-43-50(35-38-61(64)73)75-60-31-14-11-28-57(60)71-58-29-12-15-33-65(58)78-66-34-18-32-62(75)68(66)71;/h4-41,43H,1-3H3;/q-2;/i4D,5D,6D,7D,8D,9D,19D,20D,21D,22D;. The normalized spacial score (nSPS) is 14.2. The second-order valence-electron chi connectivity index (χ2n) is 20.4. The van der Waals surface area contributed by atoms with Gasteiger partial charge in [0, 0.05) is 61.3 Å². The molecular formula is C70H48BN5O2Pt-2. The quantitative estimate of drug-likeness (QED) is 0.0864. The minimum atomic E-state index is -0.594. The van der Waals surface area contributed by atoms with Crippen molar-refractivity contribution in [1.82, 2.24) is 14.1 Å². The molecular weight excluding hydrogens is 1150 g/mol. The maximum Gasteiger partial charge on any atom is 0.268 e. The Labute approximate surface area is 487 Å². The van der Waals surface area contributed by atoms with Gasteiger partial charge in [-0.25, -0.2) is 4.98 Å². The van der Waals surface area contributed by atoms with Crippen LogP contribution in [0.2, 0.25) is 0 Å². The number of nitrogens with zero attached hydrogens (tertiary/aromatic N) is 5. The molecule has 2 aliphatic rings. The van der Waals surface area contributed by atoms with Crippen LogP contribution in [0.3, 0.4) is 0 Å². The first-order chi connectivity index (χ1) is 42.5. The summed E-state index contributed by atoms with van der Waals surface area (Å²) in [5.41, 5.74) is 9.71. The summed E-state index contributed by atoms with van der Waals surface area (Å²) in [5.74, 6) is 2.98. The molecule has 0 aliphatic carbocycles. The summed E-state index contributed by atoms with van der Waals surface area (Å²) in [6.07, 6.45) is 5.40. The summed E-state index contributed by atoms with van der Waals surface area (Å²) in [6.45, 7) is 6.35. The van der Waals surface area contributed by atoms with E-state index >= 15 is 0 Å².